The van der Waals surface area contributed by atoms with E-state index < -0.39 is 221 Å². The first-order valence-electron chi connectivity index (χ1n) is 31.4. The molecule has 0 radical (unpaired) electrons. The maximum atomic E-state index is 12.8. The Balaban J connectivity index is 0.927. The fourth-order valence-corrected chi connectivity index (χ4v) is 17.5. The van der Waals surface area contributed by atoms with Gasteiger partial charge in [0.05, 0.1) is 75.3 Å². The second kappa shape index (κ2) is 27.0. The fraction of sp³-hybridized carbons (Fsp3) is 0.967. The molecule has 4 unspecified atom stereocenters. The van der Waals surface area contributed by atoms with Gasteiger partial charge in [0, 0.05) is 16.7 Å². The molecule has 0 aromatic heterocycles. The summed E-state index contributed by atoms with van der Waals surface area (Å²) >= 11 is 0. The first-order valence-corrected chi connectivity index (χ1v) is 31.4. The topological polar surface area (TPSA) is 467 Å². The lowest BCUT2D eigenvalue weighted by atomic mass is 9.38. The van der Waals surface area contributed by atoms with Crippen molar-refractivity contribution in [1.29, 1.82) is 0 Å². The van der Waals surface area contributed by atoms with Crippen molar-refractivity contribution in [2.24, 2.45) is 51.2 Å². The Kier molecular flexibility index (Phi) is 21.8. The van der Waals surface area contributed by atoms with Gasteiger partial charge in [-0.05, 0) is 99.7 Å². The van der Waals surface area contributed by atoms with E-state index in [1.54, 1.807) is 0 Å². The first kappa shape index (κ1) is 70.9. The van der Waals surface area contributed by atoms with Gasteiger partial charge in [0.15, 0.2) is 25.2 Å². The molecular weight excluding hydrogens is 1170 g/mol. The minimum atomic E-state index is -2.10. The number of fused-ring (bicyclic) bond motifs is 5. The lowest BCUT2D eigenvalue weighted by Gasteiger charge is -2.67. The highest BCUT2D eigenvalue weighted by molar-refractivity contribution is 5.32. The maximum Gasteiger partial charge on any atom is 0.187 e. The van der Waals surface area contributed by atoms with Gasteiger partial charge >= 0.3 is 0 Å². The van der Waals surface area contributed by atoms with Crippen LogP contribution in [-0.4, -0.2) is 301 Å². The predicted octanol–water partition coefficient (Wildman–Crippen LogP) is -5.13. The summed E-state index contributed by atoms with van der Waals surface area (Å²) in [5, 5.41) is 207. The van der Waals surface area contributed by atoms with E-state index in [0.717, 1.165) is 18.4 Å². The van der Waals surface area contributed by atoms with E-state index in [1.165, 1.54) is 13.8 Å². The molecule has 5 saturated heterocycles. The number of aliphatic hydroxyl groups is 19. The van der Waals surface area contributed by atoms with Crippen LogP contribution in [0, 0.1) is 51.2 Å². The minimum absolute atomic E-state index is 0.0238. The predicted molar refractivity (Wildman–Crippen MR) is 299 cm³/mol. The molecule has 5 aliphatic heterocycles. The van der Waals surface area contributed by atoms with Crippen molar-refractivity contribution in [3.8, 4) is 0 Å². The van der Waals surface area contributed by atoms with Crippen molar-refractivity contribution in [1.82, 2.24) is 0 Å². The molecule has 3 saturated carbocycles. The summed E-state index contributed by atoms with van der Waals surface area (Å²) in [5.74, 6) is -1.49. The first-order chi connectivity index (χ1) is 41.2. The van der Waals surface area contributed by atoms with Gasteiger partial charge in [-0.15, -0.1) is 0 Å². The Labute approximate surface area is 512 Å². The van der Waals surface area contributed by atoms with Gasteiger partial charge in [-0.3, -0.25) is 0 Å². The molecule has 0 aromatic carbocycles. The molecule has 35 atom stereocenters. The number of ether oxygens (including phenoxy) is 9. The summed E-state index contributed by atoms with van der Waals surface area (Å²) in [6.07, 6.45) is -36.4. The summed E-state index contributed by atoms with van der Waals surface area (Å²) in [6.45, 7) is 12.3. The molecule has 0 amide bonds. The number of hydrogen-bond acceptors (Lipinski definition) is 28. The molecule has 0 bridgehead atoms. The van der Waals surface area contributed by atoms with E-state index in [-0.39, 0.29) is 40.9 Å². The number of allylic oxidation sites excluding steroid dienone is 1. The molecule has 4 aliphatic carbocycles. The molecule has 0 aromatic rings. The van der Waals surface area contributed by atoms with Crippen LogP contribution in [0.2, 0.25) is 0 Å². The van der Waals surface area contributed by atoms with Gasteiger partial charge in [-0.1, -0.05) is 53.2 Å². The van der Waals surface area contributed by atoms with Crippen molar-refractivity contribution in [2.45, 2.75) is 278 Å². The van der Waals surface area contributed by atoms with Crippen LogP contribution in [0.4, 0.5) is 0 Å². The lowest BCUT2D eigenvalue weighted by Crippen LogP contribution is -2.68. The molecule has 9 rings (SSSR count). The van der Waals surface area contributed by atoms with E-state index in [0.29, 0.717) is 32.1 Å². The summed E-state index contributed by atoms with van der Waals surface area (Å²) < 4.78 is 54.2. The zero-order chi connectivity index (χ0) is 64.8. The van der Waals surface area contributed by atoms with Crippen LogP contribution in [0.1, 0.15) is 107 Å². The standard InChI is InChI=1S/C60H102O28/c1-23(24-15-16-58(6)32-12-10-25-26(60(32,8)33(65)17-59(24,58)7)11-14-34(56(25,2)3)86-53-49(78)44(73)39(68)30(21-64)84-53)9-13-35(57(4,5)79)87-55-51(45(74)40(69)31(85-55)22-80-52-48(77)43(72)38(67)29(20-63)83-52)88-54-47(76)41(70)36(27(18-61)82-54)50-46(75)42(71)37(66)28(19-62)81-50/h10,23-24,26-55,61-79H,9,11-22H2,1-8H3/t23-,24?,26?,27-,28-,29-,30-,31-,32?,33-,34+,35-,36?,37-,38-,39-,40-,41+,42+,43+,44+,45+,46-,47-,48-,49-,50-,51-,52+,53+,54+,55+,58+,59-,60+/m1/s1. The largest absolute Gasteiger partial charge is 0.394 e. The van der Waals surface area contributed by atoms with Gasteiger partial charge < -0.3 is 140 Å². The highest BCUT2D eigenvalue weighted by Gasteiger charge is 2.71. The van der Waals surface area contributed by atoms with Crippen molar-refractivity contribution < 1.29 is 140 Å². The number of rotatable bonds is 19. The molecule has 28 heteroatoms. The molecule has 510 valence electrons. The normalized spacial score (nSPS) is 52.2. The molecular formula is C60H102O28. The van der Waals surface area contributed by atoms with E-state index in [4.69, 9.17) is 42.6 Å². The third kappa shape index (κ3) is 12.4. The van der Waals surface area contributed by atoms with E-state index in [1.807, 2.05) is 0 Å². The number of aliphatic hydroxyl groups excluding tert-OH is 18. The Bertz CT molecular complexity index is 2320. The zero-order valence-corrected chi connectivity index (χ0v) is 51.4. The molecule has 19 N–H and O–H groups in total. The van der Waals surface area contributed by atoms with Crippen LogP contribution >= 0.6 is 0 Å². The summed E-state index contributed by atoms with van der Waals surface area (Å²) in [6, 6.07) is 0. The third-order valence-corrected chi connectivity index (χ3v) is 23.2. The van der Waals surface area contributed by atoms with Crippen LogP contribution in [0.15, 0.2) is 11.6 Å². The molecule has 9 aliphatic rings. The maximum absolute atomic E-state index is 12.8. The average molecular weight is 1270 g/mol. The van der Waals surface area contributed by atoms with Crippen LogP contribution < -0.4 is 0 Å². The Morgan fingerprint density at radius 2 is 1.06 bits per heavy atom. The van der Waals surface area contributed by atoms with E-state index in [9.17, 15) is 97.0 Å². The second-order valence-electron chi connectivity index (χ2n) is 28.8. The van der Waals surface area contributed by atoms with Crippen LogP contribution in [0.25, 0.3) is 0 Å². The monoisotopic (exact) mass is 1270 g/mol. The SMILES string of the molecule is C[C@H](CC[C@@H](O[C@@H]1O[C@H](CO[C@H]2O[C@H](CO)[C@@H](O)[C@H](O)[C@H]2O)[C@@H](O)[C@H](O)[C@H]1O[C@@H]1O[C@H](CO)C([C@H]2O[C@H](CO)[C@@H](O)[C@H](O)[C@H]2O)[C@H](O)[C@H]1O)C(C)(C)O)C1CC[C@@]2(C)C3CC=C4C(CC[C@H](O[C@@H]5O[C@H](CO)[C@@H](O)[C@H](O)[C@H]5O)C4(C)C)[C@]3(C)[C@H](O)C[C@]12C. The summed E-state index contributed by atoms with van der Waals surface area (Å²) in [5.41, 5.74) is -2.32. The highest BCUT2D eigenvalue weighted by Crippen LogP contribution is 2.75. The Hall–Kier alpha value is -1.38. The van der Waals surface area contributed by atoms with Crippen LogP contribution in [0.3, 0.4) is 0 Å². The van der Waals surface area contributed by atoms with Crippen molar-refractivity contribution >= 4 is 0 Å². The van der Waals surface area contributed by atoms with Gasteiger partial charge in [-0.2, -0.15) is 0 Å². The second-order valence-corrected chi connectivity index (χ2v) is 28.8. The third-order valence-electron chi connectivity index (χ3n) is 23.2. The molecule has 5 heterocycles. The Morgan fingerprint density at radius 1 is 0.545 bits per heavy atom. The molecule has 8 fully saturated rings. The van der Waals surface area contributed by atoms with Crippen LogP contribution in [-0.2, 0) is 42.6 Å². The fourth-order valence-electron chi connectivity index (χ4n) is 17.5. The van der Waals surface area contributed by atoms with Gasteiger partial charge in [-0.25, -0.2) is 0 Å². The van der Waals surface area contributed by atoms with Crippen molar-refractivity contribution in [3.63, 3.8) is 0 Å². The quantitative estimate of drug-likeness (QED) is 0.0538. The lowest BCUT2D eigenvalue weighted by molar-refractivity contribution is -0.383. The van der Waals surface area contributed by atoms with Gasteiger partial charge in [0.25, 0.3) is 0 Å². The minimum Gasteiger partial charge on any atom is -0.394 e. The van der Waals surface area contributed by atoms with Crippen molar-refractivity contribution in [3.05, 3.63) is 11.6 Å². The molecule has 88 heavy (non-hydrogen) atoms. The summed E-state index contributed by atoms with van der Waals surface area (Å²) in [7, 11) is 0. The molecule has 28 nitrogen and oxygen atoms in total. The zero-order valence-electron chi connectivity index (χ0n) is 51.4. The van der Waals surface area contributed by atoms with E-state index >= 15 is 0 Å². The van der Waals surface area contributed by atoms with E-state index in [2.05, 4.69) is 47.6 Å². The van der Waals surface area contributed by atoms with Gasteiger partial charge in [0.1, 0.15) is 104 Å². The average Bonchev–Trinajstić information content (AvgIpc) is 1.28. The summed E-state index contributed by atoms with van der Waals surface area (Å²) in [4.78, 5) is 0. The van der Waals surface area contributed by atoms with Crippen LogP contribution in [0.5, 0.6) is 0 Å². The smallest absolute Gasteiger partial charge is 0.187 e. The van der Waals surface area contributed by atoms with Gasteiger partial charge in [0.2, 0.25) is 0 Å². The number of hydrogen-bond donors (Lipinski definition) is 19. The van der Waals surface area contributed by atoms with Crippen molar-refractivity contribution in [2.75, 3.05) is 33.0 Å². The molecule has 0 spiro atoms. The highest BCUT2D eigenvalue weighted by atomic mass is 16.8. The Morgan fingerprint density at radius 3 is 1.65 bits per heavy atom.